The van der Waals surface area contributed by atoms with Gasteiger partial charge in [-0.15, -0.1) is 0 Å². The van der Waals surface area contributed by atoms with E-state index in [1.54, 1.807) is 0 Å². The lowest BCUT2D eigenvalue weighted by molar-refractivity contribution is 0.365. The number of hydrogen-bond donors (Lipinski definition) is 2. The van der Waals surface area contributed by atoms with Crippen LogP contribution < -0.4 is 11.3 Å². The number of halogens is 2. The lowest BCUT2D eigenvalue weighted by atomic mass is 9.91. The maximum absolute atomic E-state index is 13.1. The van der Waals surface area contributed by atoms with Crippen LogP contribution in [0.4, 0.5) is 8.78 Å². The van der Waals surface area contributed by atoms with Crippen molar-refractivity contribution in [3.63, 3.8) is 0 Å². The molecule has 1 fully saturated rings. The van der Waals surface area contributed by atoms with Gasteiger partial charge in [0.2, 0.25) is 0 Å². The fourth-order valence-electron chi connectivity index (χ4n) is 2.61. The Morgan fingerprint density at radius 3 is 2.42 bits per heavy atom. The minimum atomic E-state index is -0.528. The van der Waals surface area contributed by atoms with E-state index in [9.17, 15) is 8.78 Å². The van der Waals surface area contributed by atoms with Crippen molar-refractivity contribution < 1.29 is 8.78 Å². The van der Waals surface area contributed by atoms with Crippen molar-refractivity contribution in [1.82, 2.24) is 5.43 Å². The summed E-state index contributed by atoms with van der Waals surface area (Å²) >= 11 is 1.99. The molecule has 0 spiro atoms. The van der Waals surface area contributed by atoms with Crippen LogP contribution in [0, 0.1) is 17.6 Å². The number of nitrogens with one attached hydrogen (secondary N) is 1. The molecule has 5 heteroatoms. The Labute approximate surface area is 117 Å². The summed E-state index contributed by atoms with van der Waals surface area (Å²) < 4.78 is 26.3. The lowest BCUT2D eigenvalue weighted by Gasteiger charge is -2.26. The largest absolute Gasteiger partial charge is 0.271 e. The molecular weight excluding hydrogens is 266 g/mol. The number of nitrogens with two attached hydrogens (primary N) is 1. The number of benzene rings is 1. The van der Waals surface area contributed by atoms with E-state index in [2.05, 4.69) is 5.43 Å². The number of hydrazine groups is 1. The molecule has 1 aromatic carbocycles. The molecule has 106 valence electrons. The van der Waals surface area contributed by atoms with Crippen LogP contribution in [-0.2, 0) is 6.42 Å². The van der Waals surface area contributed by atoms with Gasteiger partial charge in [0, 0.05) is 12.1 Å². The summed E-state index contributed by atoms with van der Waals surface area (Å²) in [6.07, 6.45) is 3.95. The highest BCUT2D eigenvalue weighted by Gasteiger charge is 2.19. The van der Waals surface area contributed by atoms with Crippen molar-refractivity contribution in [3.05, 3.63) is 35.4 Å². The standard InChI is InChI=1S/C14H20F2N2S/c15-12-5-11(6-13(16)9-12)8-14(18-17)7-10-1-3-19-4-2-10/h5-6,9-10,14,18H,1-4,7-8,17H2. The molecule has 1 atom stereocenters. The summed E-state index contributed by atoms with van der Waals surface area (Å²) in [6.45, 7) is 0. The number of rotatable bonds is 5. The predicted octanol–water partition coefficient (Wildman–Crippen LogP) is 2.87. The smallest absolute Gasteiger partial charge is 0.126 e. The van der Waals surface area contributed by atoms with Crippen molar-refractivity contribution in [3.8, 4) is 0 Å². The molecule has 1 unspecified atom stereocenters. The van der Waals surface area contributed by atoms with Gasteiger partial charge in [0.05, 0.1) is 0 Å². The van der Waals surface area contributed by atoms with E-state index in [-0.39, 0.29) is 6.04 Å². The molecule has 2 nitrogen and oxygen atoms in total. The molecule has 2 rings (SSSR count). The first-order valence-electron chi connectivity index (χ1n) is 6.66. The van der Waals surface area contributed by atoms with E-state index >= 15 is 0 Å². The zero-order valence-electron chi connectivity index (χ0n) is 10.9. The SMILES string of the molecule is NNC(Cc1cc(F)cc(F)c1)CC1CCSCC1. The Hall–Kier alpha value is -0.650. The molecule has 0 amide bonds. The lowest BCUT2D eigenvalue weighted by Crippen LogP contribution is -2.38. The highest BCUT2D eigenvalue weighted by Crippen LogP contribution is 2.27. The minimum absolute atomic E-state index is 0.0781. The second kappa shape index (κ2) is 7.22. The molecule has 0 bridgehead atoms. The van der Waals surface area contributed by atoms with Gasteiger partial charge in [0.15, 0.2) is 0 Å². The van der Waals surface area contributed by atoms with Gasteiger partial charge >= 0.3 is 0 Å². The van der Waals surface area contributed by atoms with Crippen LogP contribution in [-0.4, -0.2) is 17.5 Å². The second-order valence-corrected chi connectivity index (χ2v) is 6.36. The van der Waals surface area contributed by atoms with Gasteiger partial charge < -0.3 is 0 Å². The Morgan fingerprint density at radius 1 is 1.21 bits per heavy atom. The number of hydrogen-bond acceptors (Lipinski definition) is 3. The Kier molecular flexibility index (Phi) is 5.60. The van der Waals surface area contributed by atoms with Crippen molar-refractivity contribution >= 4 is 11.8 Å². The molecule has 1 aromatic rings. The van der Waals surface area contributed by atoms with Crippen molar-refractivity contribution in [2.75, 3.05) is 11.5 Å². The highest BCUT2D eigenvalue weighted by molar-refractivity contribution is 7.99. The Balaban J connectivity index is 1.93. The summed E-state index contributed by atoms with van der Waals surface area (Å²) in [6, 6.07) is 3.73. The third-order valence-electron chi connectivity index (χ3n) is 3.60. The quantitative estimate of drug-likeness (QED) is 0.645. The second-order valence-electron chi connectivity index (χ2n) is 5.14. The molecule has 0 aromatic heterocycles. The molecule has 0 aliphatic carbocycles. The van der Waals surface area contributed by atoms with Gasteiger partial charge in [-0.25, -0.2) is 8.78 Å². The molecule has 1 saturated heterocycles. The molecule has 1 aliphatic rings. The molecule has 0 saturated carbocycles. The van der Waals surface area contributed by atoms with E-state index in [4.69, 9.17) is 5.84 Å². The molecule has 1 aliphatic heterocycles. The van der Waals surface area contributed by atoms with Gasteiger partial charge in [0.1, 0.15) is 11.6 Å². The van der Waals surface area contributed by atoms with Crippen LogP contribution in [0.15, 0.2) is 18.2 Å². The van der Waals surface area contributed by atoms with Gasteiger partial charge in [0.25, 0.3) is 0 Å². The third-order valence-corrected chi connectivity index (χ3v) is 4.65. The first kappa shape index (κ1) is 14.8. The summed E-state index contributed by atoms with van der Waals surface area (Å²) in [5.41, 5.74) is 3.44. The van der Waals surface area contributed by atoms with Crippen LogP contribution in [0.5, 0.6) is 0 Å². The maximum atomic E-state index is 13.1. The first-order valence-corrected chi connectivity index (χ1v) is 7.81. The summed E-state index contributed by atoms with van der Waals surface area (Å²) in [5, 5.41) is 0. The third kappa shape index (κ3) is 4.75. The summed E-state index contributed by atoms with van der Waals surface area (Å²) in [5.74, 6) is 7.59. The van der Waals surface area contributed by atoms with Crippen LogP contribution in [0.25, 0.3) is 0 Å². The normalized spacial score (nSPS) is 18.5. The zero-order chi connectivity index (χ0) is 13.7. The molecule has 1 heterocycles. The minimum Gasteiger partial charge on any atom is -0.271 e. The average molecular weight is 286 g/mol. The first-order chi connectivity index (χ1) is 9.17. The molecule has 0 radical (unpaired) electrons. The molecule has 3 N–H and O–H groups in total. The van der Waals surface area contributed by atoms with Crippen molar-refractivity contribution in [2.24, 2.45) is 11.8 Å². The highest BCUT2D eigenvalue weighted by atomic mass is 32.2. The van der Waals surface area contributed by atoms with E-state index in [0.717, 1.165) is 12.5 Å². The fourth-order valence-corrected chi connectivity index (χ4v) is 3.81. The Morgan fingerprint density at radius 2 is 1.84 bits per heavy atom. The summed E-state index contributed by atoms with van der Waals surface area (Å²) in [4.78, 5) is 0. The molecule has 19 heavy (non-hydrogen) atoms. The van der Waals surface area contributed by atoms with E-state index < -0.39 is 11.6 Å². The fraction of sp³-hybridized carbons (Fsp3) is 0.571. The monoisotopic (exact) mass is 286 g/mol. The van der Waals surface area contributed by atoms with Gasteiger partial charge in [-0.3, -0.25) is 11.3 Å². The summed E-state index contributed by atoms with van der Waals surface area (Å²) in [7, 11) is 0. The van der Waals surface area contributed by atoms with E-state index in [1.165, 1.54) is 36.5 Å². The van der Waals surface area contributed by atoms with Gasteiger partial charge in [-0.05, 0) is 60.8 Å². The maximum Gasteiger partial charge on any atom is 0.126 e. The van der Waals surface area contributed by atoms with Crippen LogP contribution in [0.3, 0.4) is 0 Å². The Bertz CT molecular complexity index is 388. The van der Waals surface area contributed by atoms with Gasteiger partial charge in [-0.2, -0.15) is 11.8 Å². The van der Waals surface area contributed by atoms with Crippen molar-refractivity contribution in [1.29, 1.82) is 0 Å². The van der Waals surface area contributed by atoms with Crippen LogP contribution >= 0.6 is 11.8 Å². The molecular formula is C14H20F2N2S. The predicted molar refractivity (Wildman–Crippen MR) is 75.8 cm³/mol. The van der Waals surface area contributed by atoms with Crippen molar-refractivity contribution in [2.45, 2.75) is 31.7 Å². The van der Waals surface area contributed by atoms with Crippen LogP contribution in [0.2, 0.25) is 0 Å². The topological polar surface area (TPSA) is 38.0 Å². The van der Waals surface area contributed by atoms with Gasteiger partial charge in [-0.1, -0.05) is 0 Å². The van der Waals surface area contributed by atoms with Crippen LogP contribution in [0.1, 0.15) is 24.8 Å². The zero-order valence-corrected chi connectivity index (χ0v) is 11.7. The average Bonchev–Trinajstić information content (AvgIpc) is 2.38. The van der Waals surface area contributed by atoms with E-state index in [1.807, 2.05) is 11.8 Å². The van der Waals surface area contributed by atoms with E-state index in [0.29, 0.717) is 17.9 Å². The number of thioether (sulfide) groups is 1.